The number of pyridine rings is 1. The lowest BCUT2D eigenvalue weighted by Gasteiger charge is -2.53. The van der Waals surface area contributed by atoms with E-state index in [1.165, 1.54) is 24.8 Å². The summed E-state index contributed by atoms with van der Waals surface area (Å²) < 4.78 is 0. The van der Waals surface area contributed by atoms with E-state index in [0.29, 0.717) is 0 Å². The van der Waals surface area contributed by atoms with Crippen LogP contribution in [0, 0.1) is 0 Å². The Morgan fingerprint density at radius 2 is 2.00 bits per heavy atom. The van der Waals surface area contributed by atoms with E-state index < -0.39 is 0 Å². The van der Waals surface area contributed by atoms with Crippen LogP contribution in [0.2, 0.25) is 0 Å². The highest BCUT2D eigenvalue weighted by Gasteiger charge is 2.42. The normalized spacial score (nSPS) is 26.6. The number of hydrogen-bond acceptors (Lipinski definition) is 3. The Labute approximate surface area is 123 Å². The summed E-state index contributed by atoms with van der Waals surface area (Å²) in [6.07, 6.45) is 7.39. The summed E-state index contributed by atoms with van der Waals surface area (Å²) in [5.41, 5.74) is 1.83. The Bertz CT molecular complexity index is 414. The number of rotatable bonds is 5. The molecule has 1 aliphatic heterocycles. The topological polar surface area (TPSA) is 28.2 Å². The molecule has 0 aromatic carbocycles. The fourth-order valence-electron chi connectivity index (χ4n) is 3.13. The minimum atomic E-state index is 0.240. The molecular formula is C17H29N3. The molecule has 1 atom stereocenters. The highest BCUT2D eigenvalue weighted by molar-refractivity contribution is 5.11. The van der Waals surface area contributed by atoms with Crippen LogP contribution in [0.1, 0.15) is 52.5 Å². The number of nitrogens with one attached hydrogen (secondary N) is 1. The zero-order valence-corrected chi connectivity index (χ0v) is 13.4. The molecule has 2 rings (SSSR count). The van der Waals surface area contributed by atoms with Gasteiger partial charge < -0.3 is 5.32 Å². The molecule has 3 heteroatoms. The lowest BCUT2D eigenvalue weighted by molar-refractivity contribution is 0.00270. The number of aromatic nitrogens is 1. The van der Waals surface area contributed by atoms with Crippen molar-refractivity contribution in [1.29, 1.82) is 0 Å². The molecule has 1 unspecified atom stereocenters. The molecule has 0 spiro atoms. The lowest BCUT2D eigenvalue weighted by Crippen LogP contribution is -2.68. The Hall–Kier alpha value is -0.930. The minimum Gasteiger partial charge on any atom is -0.308 e. The quantitative estimate of drug-likeness (QED) is 0.894. The van der Waals surface area contributed by atoms with Gasteiger partial charge in [0.25, 0.3) is 0 Å². The fraction of sp³-hybridized carbons (Fsp3) is 0.706. The molecule has 1 aromatic heterocycles. The number of hydrogen-bond donors (Lipinski definition) is 1. The third kappa shape index (κ3) is 3.04. The van der Waals surface area contributed by atoms with Crippen molar-refractivity contribution in [2.75, 3.05) is 13.1 Å². The van der Waals surface area contributed by atoms with Crippen LogP contribution in [-0.4, -0.2) is 34.1 Å². The van der Waals surface area contributed by atoms with Crippen LogP contribution in [0.15, 0.2) is 24.5 Å². The predicted molar refractivity (Wildman–Crippen MR) is 84.7 cm³/mol. The highest BCUT2D eigenvalue weighted by atomic mass is 15.3. The van der Waals surface area contributed by atoms with Gasteiger partial charge in [-0.3, -0.25) is 9.88 Å². The van der Waals surface area contributed by atoms with Gasteiger partial charge in [0, 0.05) is 43.1 Å². The zero-order chi connectivity index (χ0) is 14.6. The minimum absolute atomic E-state index is 0.240. The van der Waals surface area contributed by atoms with Crippen LogP contribution in [0.5, 0.6) is 0 Å². The lowest BCUT2D eigenvalue weighted by atomic mass is 9.83. The second-order valence-electron chi connectivity index (χ2n) is 6.41. The SMILES string of the molecule is CCC1(CC)CN(Cc2cccnc2)C(C)(CC)CN1. The molecule has 0 amide bonds. The highest BCUT2D eigenvalue weighted by Crippen LogP contribution is 2.31. The van der Waals surface area contributed by atoms with E-state index in [9.17, 15) is 0 Å². The molecule has 1 saturated heterocycles. The van der Waals surface area contributed by atoms with Gasteiger partial charge in [-0.25, -0.2) is 0 Å². The molecule has 1 aliphatic rings. The van der Waals surface area contributed by atoms with Gasteiger partial charge in [-0.2, -0.15) is 0 Å². The molecule has 0 saturated carbocycles. The van der Waals surface area contributed by atoms with Crippen LogP contribution in [0.25, 0.3) is 0 Å². The first-order valence-electron chi connectivity index (χ1n) is 7.96. The fourth-order valence-corrected chi connectivity index (χ4v) is 3.13. The first kappa shape index (κ1) is 15.5. The second kappa shape index (κ2) is 6.23. The number of nitrogens with zero attached hydrogens (tertiary/aromatic N) is 2. The van der Waals surface area contributed by atoms with E-state index in [1.807, 2.05) is 18.5 Å². The van der Waals surface area contributed by atoms with Crippen molar-refractivity contribution in [1.82, 2.24) is 15.2 Å². The van der Waals surface area contributed by atoms with Crippen molar-refractivity contribution in [3.8, 4) is 0 Å². The van der Waals surface area contributed by atoms with E-state index in [1.54, 1.807) is 0 Å². The first-order chi connectivity index (χ1) is 9.57. The van der Waals surface area contributed by atoms with E-state index >= 15 is 0 Å². The summed E-state index contributed by atoms with van der Waals surface area (Å²) in [5.74, 6) is 0. The predicted octanol–water partition coefficient (Wildman–Crippen LogP) is 3.21. The van der Waals surface area contributed by atoms with Crippen LogP contribution in [-0.2, 0) is 6.54 Å². The van der Waals surface area contributed by atoms with E-state index in [2.05, 4.69) is 49.0 Å². The second-order valence-corrected chi connectivity index (χ2v) is 6.41. The van der Waals surface area contributed by atoms with Crippen molar-refractivity contribution in [3.05, 3.63) is 30.1 Å². The maximum Gasteiger partial charge on any atom is 0.0312 e. The van der Waals surface area contributed by atoms with Gasteiger partial charge in [-0.05, 0) is 37.8 Å². The molecular weight excluding hydrogens is 246 g/mol. The molecule has 1 aromatic rings. The van der Waals surface area contributed by atoms with E-state index in [-0.39, 0.29) is 11.1 Å². The Kier molecular flexibility index (Phi) is 4.82. The maximum absolute atomic E-state index is 4.26. The molecule has 112 valence electrons. The van der Waals surface area contributed by atoms with Crippen LogP contribution in [0.3, 0.4) is 0 Å². The van der Waals surface area contributed by atoms with Gasteiger partial charge in [0.1, 0.15) is 0 Å². The standard InChI is InChI=1S/C17H29N3/c1-5-16(4)13-19-17(6-2,7-3)14-20(16)12-15-9-8-10-18-11-15/h8-11,19H,5-7,12-14H2,1-4H3. The van der Waals surface area contributed by atoms with E-state index in [4.69, 9.17) is 0 Å². The summed E-state index contributed by atoms with van der Waals surface area (Å²) in [5, 5.41) is 3.83. The molecule has 20 heavy (non-hydrogen) atoms. The molecule has 0 radical (unpaired) electrons. The van der Waals surface area contributed by atoms with Gasteiger partial charge in [0.2, 0.25) is 0 Å². The Morgan fingerprint density at radius 1 is 1.25 bits per heavy atom. The van der Waals surface area contributed by atoms with Gasteiger partial charge >= 0.3 is 0 Å². The summed E-state index contributed by atoms with van der Waals surface area (Å²) in [4.78, 5) is 6.92. The Morgan fingerprint density at radius 3 is 2.55 bits per heavy atom. The summed E-state index contributed by atoms with van der Waals surface area (Å²) >= 11 is 0. The monoisotopic (exact) mass is 275 g/mol. The molecule has 0 aliphatic carbocycles. The Balaban J connectivity index is 2.19. The summed E-state index contributed by atoms with van der Waals surface area (Å²) in [6, 6.07) is 4.22. The van der Waals surface area contributed by atoms with Gasteiger partial charge in [-0.15, -0.1) is 0 Å². The van der Waals surface area contributed by atoms with Crippen molar-refractivity contribution in [3.63, 3.8) is 0 Å². The maximum atomic E-state index is 4.26. The average molecular weight is 275 g/mol. The zero-order valence-electron chi connectivity index (χ0n) is 13.4. The molecule has 1 N–H and O–H groups in total. The van der Waals surface area contributed by atoms with Crippen LogP contribution >= 0.6 is 0 Å². The van der Waals surface area contributed by atoms with Gasteiger partial charge in [-0.1, -0.05) is 26.8 Å². The number of piperazine rings is 1. The van der Waals surface area contributed by atoms with Crippen molar-refractivity contribution < 1.29 is 0 Å². The third-order valence-corrected chi connectivity index (χ3v) is 5.31. The summed E-state index contributed by atoms with van der Waals surface area (Å²) in [7, 11) is 0. The summed E-state index contributed by atoms with van der Waals surface area (Å²) in [6.45, 7) is 12.5. The first-order valence-corrected chi connectivity index (χ1v) is 7.96. The van der Waals surface area contributed by atoms with Crippen LogP contribution in [0.4, 0.5) is 0 Å². The van der Waals surface area contributed by atoms with Crippen molar-refractivity contribution in [2.45, 2.75) is 64.6 Å². The molecule has 1 fully saturated rings. The average Bonchev–Trinajstić information content (AvgIpc) is 2.51. The smallest absolute Gasteiger partial charge is 0.0312 e. The van der Waals surface area contributed by atoms with Crippen molar-refractivity contribution in [2.24, 2.45) is 0 Å². The van der Waals surface area contributed by atoms with Gasteiger partial charge in [0.15, 0.2) is 0 Å². The van der Waals surface area contributed by atoms with Gasteiger partial charge in [0.05, 0.1) is 0 Å². The third-order valence-electron chi connectivity index (χ3n) is 5.31. The largest absolute Gasteiger partial charge is 0.308 e. The molecule has 3 nitrogen and oxygen atoms in total. The van der Waals surface area contributed by atoms with E-state index in [0.717, 1.165) is 19.6 Å². The van der Waals surface area contributed by atoms with Crippen molar-refractivity contribution >= 4 is 0 Å². The molecule has 2 heterocycles. The van der Waals surface area contributed by atoms with Crippen LogP contribution < -0.4 is 5.32 Å². The molecule has 0 bridgehead atoms.